The highest BCUT2D eigenvalue weighted by Gasteiger charge is 2.30. The predicted octanol–water partition coefficient (Wildman–Crippen LogP) is 1.94. The third-order valence-electron chi connectivity index (χ3n) is 5.16. The molecule has 2 fully saturated rings. The topological polar surface area (TPSA) is 61.8 Å². The average Bonchev–Trinajstić information content (AvgIpc) is 2.55. The molecule has 23 heavy (non-hydrogen) atoms. The first-order valence-corrected chi connectivity index (χ1v) is 9.33. The molecular formula is C18H34N2O3. The summed E-state index contributed by atoms with van der Waals surface area (Å²) < 4.78 is 5.87. The molecule has 1 aliphatic carbocycles. The van der Waals surface area contributed by atoms with Gasteiger partial charge in [0.1, 0.15) is 0 Å². The molecule has 0 radical (unpaired) electrons. The molecule has 1 aliphatic heterocycles. The standard InChI is InChI=1S/C18H34N2O3/c1-18(15-21)9-5-11-20(14-18)13-17(22)19-10-6-12-23-16-7-3-2-4-8-16/h16,21H,2-15H2,1H3,(H,19,22). The minimum Gasteiger partial charge on any atom is -0.396 e. The molecular weight excluding hydrogens is 292 g/mol. The summed E-state index contributed by atoms with van der Waals surface area (Å²) in [6, 6.07) is 0. The minimum atomic E-state index is -0.0492. The molecule has 0 aromatic rings. The second kappa shape index (κ2) is 9.60. The number of aliphatic hydroxyl groups is 1. The van der Waals surface area contributed by atoms with E-state index in [1.165, 1.54) is 32.1 Å². The number of carbonyl (C=O) groups excluding carboxylic acids is 1. The van der Waals surface area contributed by atoms with Crippen LogP contribution < -0.4 is 5.32 Å². The largest absolute Gasteiger partial charge is 0.396 e. The van der Waals surface area contributed by atoms with Crippen LogP contribution in [-0.4, -0.2) is 61.4 Å². The van der Waals surface area contributed by atoms with E-state index in [0.29, 0.717) is 19.2 Å². The molecule has 5 heteroatoms. The maximum Gasteiger partial charge on any atom is 0.234 e. The van der Waals surface area contributed by atoms with Crippen LogP contribution in [0.2, 0.25) is 0 Å². The van der Waals surface area contributed by atoms with Gasteiger partial charge in [0.05, 0.1) is 12.6 Å². The first-order chi connectivity index (χ1) is 11.1. The highest BCUT2D eigenvalue weighted by Crippen LogP contribution is 2.28. The van der Waals surface area contributed by atoms with E-state index >= 15 is 0 Å². The zero-order valence-corrected chi connectivity index (χ0v) is 14.7. The normalized spacial score (nSPS) is 27.0. The lowest BCUT2D eigenvalue weighted by atomic mass is 9.83. The fraction of sp³-hybridized carbons (Fsp3) is 0.944. The zero-order chi connectivity index (χ0) is 16.5. The van der Waals surface area contributed by atoms with Crippen LogP contribution in [-0.2, 0) is 9.53 Å². The number of rotatable bonds is 8. The molecule has 0 aromatic heterocycles. The van der Waals surface area contributed by atoms with Gasteiger partial charge in [-0.15, -0.1) is 0 Å². The van der Waals surface area contributed by atoms with Gasteiger partial charge in [0.2, 0.25) is 5.91 Å². The quantitative estimate of drug-likeness (QED) is 0.669. The Labute approximate surface area is 140 Å². The van der Waals surface area contributed by atoms with Crippen molar-refractivity contribution in [1.29, 1.82) is 0 Å². The second-order valence-electron chi connectivity index (χ2n) is 7.62. The third-order valence-corrected chi connectivity index (χ3v) is 5.16. The summed E-state index contributed by atoms with van der Waals surface area (Å²) in [6.45, 7) is 5.94. The van der Waals surface area contributed by atoms with E-state index in [1.807, 2.05) is 0 Å². The molecule has 0 spiro atoms. The van der Waals surface area contributed by atoms with Gasteiger partial charge in [-0.2, -0.15) is 0 Å². The van der Waals surface area contributed by atoms with Crippen molar-refractivity contribution in [3.05, 3.63) is 0 Å². The molecule has 0 bridgehead atoms. The van der Waals surface area contributed by atoms with Crippen LogP contribution in [0.4, 0.5) is 0 Å². The fourth-order valence-electron chi connectivity index (χ4n) is 3.73. The zero-order valence-electron chi connectivity index (χ0n) is 14.7. The molecule has 1 amide bonds. The van der Waals surface area contributed by atoms with Crippen molar-refractivity contribution in [3.8, 4) is 0 Å². The van der Waals surface area contributed by atoms with Gasteiger partial charge in [0.15, 0.2) is 0 Å². The molecule has 2 rings (SSSR count). The first-order valence-electron chi connectivity index (χ1n) is 9.33. The number of hydrogen-bond acceptors (Lipinski definition) is 4. The van der Waals surface area contributed by atoms with Crippen molar-refractivity contribution in [2.75, 3.05) is 39.4 Å². The van der Waals surface area contributed by atoms with E-state index in [0.717, 1.165) is 39.0 Å². The fourth-order valence-corrected chi connectivity index (χ4v) is 3.73. The number of likely N-dealkylation sites (tertiary alicyclic amines) is 1. The van der Waals surface area contributed by atoms with Gasteiger partial charge < -0.3 is 15.2 Å². The molecule has 2 aliphatic rings. The SMILES string of the molecule is CC1(CO)CCCN(CC(=O)NCCCOC2CCCCC2)C1. The average molecular weight is 326 g/mol. The molecule has 134 valence electrons. The van der Waals surface area contributed by atoms with E-state index in [4.69, 9.17) is 4.74 Å². The third kappa shape index (κ3) is 6.77. The number of nitrogens with zero attached hydrogens (tertiary/aromatic N) is 1. The number of piperidine rings is 1. The van der Waals surface area contributed by atoms with Crippen LogP contribution in [0.3, 0.4) is 0 Å². The molecule has 1 saturated heterocycles. The van der Waals surface area contributed by atoms with Crippen molar-refractivity contribution < 1.29 is 14.6 Å². The number of carbonyl (C=O) groups is 1. The van der Waals surface area contributed by atoms with Crippen molar-refractivity contribution in [1.82, 2.24) is 10.2 Å². The smallest absolute Gasteiger partial charge is 0.234 e. The Morgan fingerprint density at radius 2 is 2.09 bits per heavy atom. The van der Waals surface area contributed by atoms with Crippen LogP contribution in [0.25, 0.3) is 0 Å². The monoisotopic (exact) mass is 326 g/mol. The van der Waals surface area contributed by atoms with Gasteiger partial charge in [0.25, 0.3) is 0 Å². The van der Waals surface area contributed by atoms with Crippen molar-refractivity contribution in [2.45, 2.75) is 64.4 Å². The molecule has 0 aromatic carbocycles. The molecule has 1 heterocycles. The number of hydrogen-bond donors (Lipinski definition) is 2. The number of aliphatic hydroxyl groups excluding tert-OH is 1. The van der Waals surface area contributed by atoms with Crippen LogP contribution in [0, 0.1) is 5.41 Å². The molecule has 1 saturated carbocycles. The number of nitrogens with one attached hydrogen (secondary N) is 1. The second-order valence-corrected chi connectivity index (χ2v) is 7.62. The lowest BCUT2D eigenvalue weighted by Crippen LogP contribution is -2.47. The molecule has 5 nitrogen and oxygen atoms in total. The van der Waals surface area contributed by atoms with E-state index in [-0.39, 0.29) is 17.9 Å². The van der Waals surface area contributed by atoms with Gasteiger partial charge in [-0.3, -0.25) is 9.69 Å². The Bertz CT molecular complexity index is 358. The van der Waals surface area contributed by atoms with Crippen molar-refractivity contribution >= 4 is 5.91 Å². The summed E-state index contributed by atoms with van der Waals surface area (Å²) in [5.41, 5.74) is -0.0492. The Kier molecular flexibility index (Phi) is 7.80. The lowest BCUT2D eigenvalue weighted by molar-refractivity contribution is -0.123. The Morgan fingerprint density at radius 1 is 1.30 bits per heavy atom. The lowest BCUT2D eigenvalue weighted by Gasteiger charge is -2.38. The summed E-state index contributed by atoms with van der Waals surface area (Å²) in [4.78, 5) is 14.2. The van der Waals surface area contributed by atoms with Crippen LogP contribution in [0.1, 0.15) is 58.3 Å². The summed E-state index contributed by atoms with van der Waals surface area (Å²) in [5, 5.41) is 12.5. The van der Waals surface area contributed by atoms with Gasteiger partial charge in [-0.1, -0.05) is 26.2 Å². The van der Waals surface area contributed by atoms with Gasteiger partial charge in [-0.25, -0.2) is 0 Å². The Morgan fingerprint density at radius 3 is 2.83 bits per heavy atom. The van der Waals surface area contributed by atoms with E-state index < -0.39 is 0 Å². The maximum absolute atomic E-state index is 12.0. The summed E-state index contributed by atoms with van der Waals surface area (Å²) in [5.74, 6) is 0.0878. The number of amides is 1. The van der Waals surface area contributed by atoms with Crippen molar-refractivity contribution in [3.63, 3.8) is 0 Å². The summed E-state index contributed by atoms with van der Waals surface area (Å²) in [7, 11) is 0. The summed E-state index contributed by atoms with van der Waals surface area (Å²) >= 11 is 0. The van der Waals surface area contributed by atoms with E-state index in [9.17, 15) is 9.90 Å². The molecule has 1 atom stereocenters. The van der Waals surface area contributed by atoms with Gasteiger partial charge in [0, 0.05) is 31.7 Å². The predicted molar refractivity (Wildman–Crippen MR) is 91.3 cm³/mol. The molecule has 1 unspecified atom stereocenters. The first kappa shape index (κ1) is 18.7. The highest BCUT2D eigenvalue weighted by atomic mass is 16.5. The Hall–Kier alpha value is -0.650. The van der Waals surface area contributed by atoms with E-state index in [2.05, 4.69) is 17.1 Å². The van der Waals surface area contributed by atoms with Gasteiger partial charge >= 0.3 is 0 Å². The highest BCUT2D eigenvalue weighted by molar-refractivity contribution is 5.77. The number of ether oxygens (including phenoxy) is 1. The van der Waals surface area contributed by atoms with Gasteiger partial charge in [-0.05, 0) is 38.6 Å². The summed E-state index contributed by atoms with van der Waals surface area (Å²) in [6.07, 6.45) is 9.77. The Balaban J connectivity index is 1.53. The minimum absolute atomic E-state index is 0.0492. The molecule has 2 N–H and O–H groups in total. The van der Waals surface area contributed by atoms with E-state index in [1.54, 1.807) is 0 Å². The van der Waals surface area contributed by atoms with Crippen LogP contribution in [0.5, 0.6) is 0 Å². The van der Waals surface area contributed by atoms with Crippen LogP contribution in [0.15, 0.2) is 0 Å². The van der Waals surface area contributed by atoms with Crippen molar-refractivity contribution in [2.24, 2.45) is 5.41 Å². The van der Waals surface area contributed by atoms with Crippen LogP contribution >= 0.6 is 0 Å². The maximum atomic E-state index is 12.0.